The zero-order valence-corrected chi connectivity index (χ0v) is 12.1. The van der Waals surface area contributed by atoms with Crippen molar-refractivity contribution < 1.29 is 17.7 Å². The van der Waals surface area contributed by atoms with E-state index in [1.165, 1.54) is 0 Å². The van der Waals surface area contributed by atoms with Crippen LogP contribution in [-0.2, 0) is 10.0 Å². The van der Waals surface area contributed by atoms with Crippen molar-refractivity contribution in [2.75, 3.05) is 10.5 Å². The van der Waals surface area contributed by atoms with Crippen LogP contribution >= 0.6 is 0 Å². The average molecular weight is 330 g/mol. The third-order valence-corrected chi connectivity index (χ3v) is 4.13. The third kappa shape index (κ3) is 3.19. The number of halogens is 1. The molecule has 0 atom stereocenters. The van der Waals surface area contributed by atoms with Crippen molar-refractivity contribution in [2.45, 2.75) is 13.3 Å². The molecule has 0 aliphatic heterocycles. The van der Waals surface area contributed by atoms with Crippen LogP contribution in [0, 0.1) is 15.9 Å². The minimum atomic E-state index is -3.74. The van der Waals surface area contributed by atoms with E-state index in [4.69, 9.17) is 0 Å². The van der Waals surface area contributed by atoms with E-state index in [9.17, 15) is 27.7 Å². The number of nitrogens with zero attached hydrogens (tertiary/aromatic N) is 2. The largest absolute Gasteiger partial charge is 0.317 e. The average Bonchev–Trinajstić information content (AvgIpc) is 2.39. The van der Waals surface area contributed by atoms with Crippen molar-refractivity contribution in [3.8, 4) is 0 Å². The van der Waals surface area contributed by atoms with Crippen molar-refractivity contribution in [2.24, 2.45) is 0 Å². The molecule has 0 saturated carbocycles. The van der Waals surface area contributed by atoms with Crippen LogP contribution in [-0.4, -0.2) is 29.1 Å². The number of H-pyrrole nitrogens is 1. The number of anilines is 1. The normalized spacial score (nSPS) is 11.5. The summed E-state index contributed by atoms with van der Waals surface area (Å²) in [7, 11) is -3.74. The molecule has 11 heteroatoms. The van der Waals surface area contributed by atoms with E-state index >= 15 is 0 Å². The standard InChI is InChI=1S/C11H11FN4O5S/c1-2-3-22(20,21)15-10-11(17)14-8-5-9(16(18)19)6(12)4-7(8)13-10/h4-5H,2-3H2,1H3,(H,13,15)(H,14,17). The summed E-state index contributed by atoms with van der Waals surface area (Å²) >= 11 is 0. The Balaban J connectivity index is 2.56. The Morgan fingerprint density at radius 3 is 2.73 bits per heavy atom. The lowest BCUT2D eigenvalue weighted by atomic mass is 10.2. The Hall–Kier alpha value is -2.56. The molecule has 0 aliphatic rings. The van der Waals surface area contributed by atoms with Gasteiger partial charge in [-0.15, -0.1) is 0 Å². The van der Waals surface area contributed by atoms with Gasteiger partial charge in [-0.3, -0.25) is 19.6 Å². The number of sulfonamides is 1. The maximum atomic E-state index is 13.5. The summed E-state index contributed by atoms with van der Waals surface area (Å²) in [4.78, 5) is 27.4. The molecule has 0 spiro atoms. The van der Waals surface area contributed by atoms with Crippen LogP contribution in [0.15, 0.2) is 16.9 Å². The van der Waals surface area contributed by atoms with Gasteiger partial charge in [0.15, 0.2) is 0 Å². The maximum Gasteiger partial charge on any atom is 0.307 e. The van der Waals surface area contributed by atoms with Crippen LogP contribution < -0.4 is 10.3 Å². The number of rotatable bonds is 5. The molecule has 0 saturated heterocycles. The molecule has 0 radical (unpaired) electrons. The Morgan fingerprint density at radius 1 is 1.45 bits per heavy atom. The van der Waals surface area contributed by atoms with Crippen molar-refractivity contribution in [1.82, 2.24) is 9.97 Å². The van der Waals surface area contributed by atoms with Gasteiger partial charge in [0.2, 0.25) is 21.7 Å². The van der Waals surface area contributed by atoms with E-state index in [1.807, 2.05) is 4.72 Å². The zero-order chi connectivity index (χ0) is 16.5. The predicted molar refractivity (Wildman–Crippen MR) is 76.7 cm³/mol. The van der Waals surface area contributed by atoms with E-state index in [0.29, 0.717) is 6.42 Å². The highest BCUT2D eigenvalue weighted by Crippen LogP contribution is 2.22. The van der Waals surface area contributed by atoms with Crippen molar-refractivity contribution in [1.29, 1.82) is 0 Å². The molecule has 0 aliphatic carbocycles. The van der Waals surface area contributed by atoms with E-state index in [2.05, 4.69) is 9.97 Å². The van der Waals surface area contributed by atoms with E-state index < -0.39 is 37.8 Å². The molecule has 2 rings (SSSR count). The number of fused-ring (bicyclic) bond motifs is 1. The summed E-state index contributed by atoms with van der Waals surface area (Å²) in [5.41, 5.74) is -1.88. The summed E-state index contributed by atoms with van der Waals surface area (Å²) in [6, 6.07) is 1.57. The highest BCUT2D eigenvalue weighted by molar-refractivity contribution is 7.92. The number of aromatic amines is 1. The van der Waals surface area contributed by atoms with Crippen LogP contribution in [0.2, 0.25) is 0 Å². The summed E-state index contributed by atoms with van der Waals surface area (Å²) in [5, 5.41) is 10.6. The Bertz CT molecular complexity index is 909. The molecule has 2 aromatic rings. The number of benzene rings is 1. The first-order valence-corrected chi connectivity index (χ1v) is 7.77. The molecule has 0 unspecified atom stereocenters. The number of aromatic nitrogens is 2. The van der Waals surface area contributed by atoms with E-state index in [-0.39, 0.29) is 16.8 Å². The number of hydrogen-bond donors (Lipinski definition) is 2. The van der Waals surface area contributed by atoms with E-state index in [1.54, 1.807) is 6.92 Å². The van der Waals surface area contributed by atoms with Gasteiger partial charge < -0.3 is 4.98 Å². The van der Waals surface area contributed by atoms with Crippen LogP contribution in [0.3, 0.4) is 0 Å². The monoisotopic (exact) mass is 330 g/mol. The first-order valence-electron chi connectivity index (χ1n) is 6.12. The van der Waals surface area contributed by atoms with Crippen molar-refractivity contribution in [3.05, 3.63) is 38.4 Å². The van der Waals surface area contributed by atoms with Crippen molar-refractivity contribution in [3.63, 3.8) is 0 Å². The summed E-state index contributed by atoms with van der Waals surface area (Å²) in [5.74, 6) is -1.87. The van der Waals surface area contributed by atoms with Crippen molar-refractivity contribution >= 4 is 32.6 Å². The summed E-state index contributed by atoms with van der Waals surface area (Å²) in [6.07, 6.45) is 0.335. The molecule has 22 heavy (non-hydrogen) atoms. The van der Waals surface area contributed by atoms with Crippen LogP contribution in [0.1, 0.15) is 13.3 Å². The molecule has 1 heterocycles. The Kier molecular flexibility index (Phi) is 4.08. The van der Waals surface area contributed by atoms with Gasteiger partial charge in [0.05, 0.1) is 21.7 Å². The van der Waals surface area contributed by atoms with E-state index in [0.717, 1.165) is 12.1 Å². The van der Waals surface area contributed by atoms with Gasteiger partial charge in [0.1, 0.15) is 0 Å². The first kappa shape index (κ1) is 15.8. The second kappa shape index (κ2) is 5.67. The highest BCUT2D eigenvalue weighted by Gasteiger charge is 2.18. The molecule has 0 bridgehead atoms. The lowest BCUT2D eigenvalue weighted by molar-refractivity contribution is -0.387. The highest BCUT2D eigenvalue weighted by atomic mass is 32.2. The van der Waals surface area contributed by atoms with Crippen LogP contribution in [0.4, 0.5) is 15.9 Å². The topological polar surface area (TPSA) is 135 Å². The molecular weight excluding hydrogens is 319 g/mol. The fourth-order valence-corrected chi connectivity index (χ4v) is 2.85. The van der Waals surface area contributed by atoms with Gasteiger partial charge >= 0.3 is 5.69 Å². The molecule has 2 N–H and O–H groups in total. The number of nitro groups is 1. The van der Waals surface area contributed by atoms with Gasteiger partial charge in [0, 0.05) is 12.1 Å². The van der Waals surface area contributed by atoms with Gasteiger partial charge in [-0.2, -0.15) is 4.39 Å². The molecule has 118 valence electrons. The molecule has 9 nitrogen and oxygen atoms in total. The minimum Gasteiger partial charge on any atom is -0.317 e. The maximum absolute atomic E-state index is 13.5. The lowest BCUT2D eigenvalue weighted by Crippen LogP contribution is -2.23. The molecule has 1 aromatic carbocycles. The summed E-state index contributed by atoms with van der Waals surface area (Å²) < 4.78 is 38.8. The molecule has 0 amide bonds. The number of nitro benzene ring substituents is 1. The molecular formula is C11H11FN4O5S. The number of hydrogen-bond acceptors (Lipinski definition) is 6. The van der Waals surface area contributed by atoms with Crippen LogP contribution in [0.5, 0.6) is 0 Å². The SMILES string of the molecule is CCCS(=O)(=O)Nc1nc2cc(F)c([N+](=O)[O-])cc2[nH]c1=O. The smallest absolute Gasteiger partial charge is 0.307 e. The molecule has 1 aromatic heterocycles. The summed E-state index contributed by atoms with van der Waals surface area (Å²) in [6.45, 7) is 1.64. The van der Waals surface area contributed by atoms with Gasteiger partial charge in [-0.1, -0.05) is 6.92 Å². The Morgan fingerprint density at radius 2 is 2.14 bits per heavy atom. The third-order valence-electron chi connectivity index (χ3n) is 2.68. The minimum absolute atomic E-state index is 0.0726. The zero-order valence-electron chi connectivity index (χ0n) is 11.3. The fraction of sp³-hybridized carbons (Fsp3) is 0.273. The second-order valence-electron chi connectivity index (χ2n) is 4.41. The van der Waals surface area contributed by atoms with Gasteiger partial charge in [-0.05, 0) is 6.42 Å². The quantitative estimate of drug-likeness (QED) is 0.623. The molecule has 0 fully saturated rings. The predicted octanol–water partition coefficient (Wildman–Crippen LogP) is 1.12. The lowest BCUT2D eigenvalue weighted by Gasteiger charge is -2.06. The second-order valence-corrected chi connectivity index (χ2v) is 6.26. The first-order chi connectivity index (χ1) is 10.2. The van der Waals surface area contributed by atoms with Gasteiger partial charge in [-0.25, -0.2) is 13.4 Å². The fourth-order valence-electron chi connectivity index (χ4n) is 1.77. The van der Waals surface area contributed by atoms with Gasteiger partial charge in [0.25, 0.3) is 5.56 Å². The number of nitrogens with one attached hydrogen (secondary N) is 2. The Labute approximate surface area is 123 Å². The van der Waals surface area contributed by atoms with Crippen LogP contribution in [0.25, 0.3) is 11.0 Å².